The Labute approximate surface area is 117 Å². The lowest BCUT2D eigenvalue weighted by Gasteiger charge is -2.19. The van der Waals surface area contributed by atoms with E-state index in [-0.39, 0.29) is 0 Å². The predicted octanol–water partition coefficient (Wildman–Crippen LogP) is 4.47. The van der Waals surface area contributed by atoms with Crippen molar-refractivity contribution in [3.05, 3.63) is 30.5 Å². The lowest BCUT2D eigenvalue weighted by Crippen LogP contribution is -2.19. The fourth-order valence-electron chi connectivity index (χ4n) is 1.18. The van der Waals surface area contributed by atoms with E-state index in [4.69, 9.17) is 46.4 Å². The summed E-state index contributed by atoms with van der Waals surface area (Å²) >= 11 is 24.4. The van der Waals surface area contributed by atoms with Gasteiger partial charge in [-0.05, 0) is 6.07 Å². The molecule has 0 atom stereocenters. The van der Waals surface area contributed by atoms with Crippen LogP contribution in [0, 0.1) is 0 Å². The Morgan fingerprint density at radius 1 is 1.25 bits per heavy atom. The van der Waals surface area contributed by atoms with Crippen LogP contribution in [0.1, 0.15) is 0 Å². The summed E-state index contributed by atoms with van der Waals surface area (Å²) in [4.78, 5) is -0.913. The topological polar surface area (TPSA) is 17.8 Å². The van der Waals surface area contributed by atoms with Crippen molar-refractivity contribution in [2.24, 2.45) is 0 Å². The van der Waals surface area contributed by atoms with Gasteiger partial charge in [0.1, 0.15) is 0 Å². The molecular formula is C9H6Cl4N2S. The summed E-state index contributed by atoms with van der Waals surface area (Å²) in [6.07, 6.45) is 1.73. The average Bonchev–Trinajstić information content (AvgIpc) is 2.61. The molecule has 0 unspecified atom stereocenters. The van der Waals surface area contributed by atoms with Crippen molar-refractivity contribution in [3.63, 3.8) is 0 Å². The van der Waals surface area contributed by atoms with Crippen LogP contribution in [0.25, 0.3) is 10.9 Å². The maximum absolute atomic E-state index is 5.97. The molecule has 1 aromatic carbocycles. The van der Waals surface area contributed by atoms with E-state index in [2.05, 4.69) is 5.10 Å². The molecule has 0 radical (unpaired) electrons. The molecule has 0 aliphatic heterocycles. The van der Waals surface area contributed by atoms with Crippen LogP contribution in [0.3, 0.4) is 0 Å². The Bertz CT molecular complexity index is 497. The van der Waals surface area contributed by atoms with Crippen molar-refractivity contribution >= 4 is 69.3 Å². The van der Waals surface area contributed by atoms with Crippen molar-refractivity contribution in [2.75, 3.05) is 0 Å². The molecule has 2 aromatic rings. The summed E-state index contributed by atoms with van der Waals surface area (Å²) in [6.45, 7) is 0. The van der Waals surface area contributed by atoms with E-state index in [9.17, 15) is 0 Å². The fraction of sp³-hybridized carbons (Fsp3) is 0.222. The number of hydrogen-bond acceptors (Lipinski definition) is 2. The van der Waals surface area contributed by atoms with Gasteiger partial charge in [-0.15, -0.1) is 23.2 Å². The van der Waals surface area contributed by atoms with Gasteiger partial charge in [0.2, 0.25) is 3.67 Å². The van der Waals surface area contributed by atoms with Gasteiger partial charge in [0.05, 0.1) is 11.7 Å². The van der Waals surface area contributed by atoms with E-state index in [1.54, 1.807) is 10.3 Å². The maximum atomic E-state index is 5.97. The van der Waals surface area contributed by atoms with E-state index in [0.717, 1.165) is 22.9 Å². The first-order chi connectivity index (χ1) is 7.50. The number of halogens is 4. The maximum Gasteiger partial charge on any atom is 0.213 e. The lowest BCUT2D eigenvalue weighted by molar-refractivity contribution is 1.02. The van der Waals surface area contributed by atoms with E-state index in [0.29, 0.717) is 0 Å². The predicted molar refractivity (Wildman–Crippen MR) is 72.7 cm³/mol. The minimum atomic E-state index is -1.34. The molecule has 0 aliphatic rings. The van der Waals surface area contributed by atoms with Crippen molar-refractivity contribution in [3.8, 4) is 0 Å². The van der Waals surface area contributed by atoms with Crippen LogP contribution in [-0.2, 0) is 0 Å². The molecule has 0 saturated carbocycles. The van der Waals surface area contributed by atoms with Crippen LogP contribution < -0.4 is 0 Å². The molecule has 0 amide bonds. The van der Waals surface area contributed by atoms with Crippen molar-refractivity contribution in [1.29, 1.82) is 0 Å². The number of nitrogens with zero attached hydrogens (tertiary/aromatic N) is 2. The number of rotatable bonds is 3. The largest absolute Gasteiger partial charge is 0.213 e. The second-order valence-electron chi connectivity index (χ2n) is 3.03. The van der Waals surface area contributed by atoms with Crippen molar-refractivity contribution in [1.82, 2.24) is 9.19 Å². The molecule has 1 heterocycles. The zero-order valence-electron chi connectivity index (χ0n) is 7.78. The molecule has 0 saturated heterocycles. The molecule has 7 heteroatoms. The Morgan fingerprint density at radius 2 is 1.94 bits per heavy atom. The number of aromatic nitrogens is 2. The van der Waals surface area contributed by atoms with Crippen LogP contribution in [-0.4, -0.2) is 17.7 Å². The molecular weight excluding hydrogens is 310 g/mol. The summed E-state index contributed by atoms with van der Waals surface area (Å²) < 4.78 is 0.269. The van der Waals surface area contributed by atoms with Gasteiger partial charge < -0.3 is 0 Å². The number of para-hydroxylation sites is 1. The van der Waals surface area contributed by atoms with Crippen LogP contribution in [0.2, 0.25) is 0 Å². The third-order valence-corrected chi connectivity index (χ3v) is 5.06. The minimum absolute atomic E-state index is 0.909. The highest BCUT2D eigenvalue weighted by Gasteiger charge is 2.35. The second-order valence-corrected chi connectivity index (χ2v) is 7.13. The fourth-order valence-corrected chi connectivity index (χ4v) is 2.48. The highest BCUT2D eigenvalue weighted by atomic mass is 35.5. The molecule has 0 aliphatic carbocycles. The zero-order chi connectivity index (χ0) is 11.8. The smallest absolute Gasteiger partial charge is 0.203 e. The quantitative estimate of drug-likeness (QED) is 0.778. The Kier molecular flexibility index (Phi) is 3.82. The molecule has 2 nitrogen and oxygen atoms in total. The Morgan fingerprint density at radius 3 is 2.62 bits per heavy atom. The summed E-state index contributed by atoms with van der Waals surface area (Å²) in [7, 11) is 0. The number of benzene rings is 1. The summed E-state index contributed by atoms with van der Waals surface area (Å²) in [5, 5.41) is 5.16. The van der Waals surface area contributed by atoms with Crippen LogP contribution >= 0.6 is 58.4 Å². The summed E-state index contributed by atoms with van der Waals surface area (Å²) in [5.41, 5.74) is 0.909. The van der Waals surface area contributed by atoms with Crippen molar-refractivity contribution in [2.45, 2.75) is 8.50 Å². The van der Waals surface area contributed by atoms with Gasteiger partial charge in [-0.1, -0.05) is 41.4 Å². The number of fused-ring (bicyclic) bond motifs is 1. The van der Waals surface area contributed by atoms with Gasteiger partial charge in [-0.2, -0.15) is 5.10 Å². The monoisotopic (exact) mass is 314 g/mol. The van der Waals surface area contributed by atoms with Gasteiger partial charge >= 0.3 is 0 Å². The first-order valence-electron chi connectivity index (χ1n) is 4.29. The SMILES string of the molecule is ClC(Cl)C(Cl)(Cl)Sn1ncc2ccccc21. The molecule has 1 aromatic heterocycles. The summed E-state index contributed by atoms with van der Waals surface area (Å²) in [5.74, 6) is 0. The Hall–Kier alpha value is 0.200. The highest BCUT2D eigenvalue weighted by molar-refractivity contribution is 8.02. The number of hydrogen-bond donors (Lipinski definition) is 0. The first-order valence-corrected chi connectivity index (χ1v) is 6.69. The molecule has 16 heavy (non-hydrogen) atoms. The zero-order valence-corrected chi connectivity index (χ0v) is 11.6. The molecule has 0 bridgehead atoms. The first kappa shape index (κ1) is 12.7. The minimum Gasteiger partial charge on any atom is -0.203 e. The van der Waals surface area contributed by atoms with Gasteiger partial charge in [0, 0.05) is 17.3 Å². The Balaban J connectivity index is 2.35. The van der Waals surface area contributed by atoms with E-state index in [1.807, 2.05) is 24.3 Å². The van der Waals surface area contributed by atoms with Crippen LogP contribution in [0.5, 0.6) is 0 Å². The van der Waals surface area contributed by atoms with Gasteiger partial charge in [0.25, 0.3) is 0 Å². The molecule has 0 fully saturated rings. The van der Waals surface area contributed by atoms with Gasteiger partial charge in [-0.25, -0.2) is 4.09 Å². The van der Waals surface area contributed by atoms with Gasteiger partial charge in [0.15, 0.2) is 4.84 Å². The summed E-state index contributed by atoms with van der Waals surface area (Å²) in [6, 6.07) is 7.70. The normalized spacial score (nSPS) is 12.6. The van der Waals surface area contributed by atoms with E-state index in [1.165, 1.54) is 0 Å². The van der Waals surface area contributed by atoms with Crippen LogP contribution in [0.15, 0.2) is 30.5 Å². The molecule has 0 N–H and O–H groups in total. The second kappa shape index (κ2) is 4.83. The molecule has 2 rings (SSSR count). The number of alkyl halides is 4. The standard InChI is InChI=1S/C9H6Cl4N2S/c10-8(11)9(12,13)16-15-7-4-2-1-3-6(7)5-14-15/h1-5,8H. The van der Waals surface area contributed by atoms with Gasteiger partial charge in [-0.3, -0.25) is 0 Å². The third-order valence-electron chi connectivity index (χ3n) is 1.91. The van der Waals surface area contributed by atoms with Crippen molar-refractivity contribution < 1.29 is 0 Å². The lowest BCUT2D eigenvalue weighted by atomic mass is 10.3. The third kappa shape index (κ3) is 2.54. The molecule has 86 valence electrons. The van der Waals surface area contributed by atoms with E-state index < -0.39 is 8.50 Å². The average molecular weight is 316 g/mol. The van der Waals surface area contributed by atoms with E-state index >= 15 is 0 Å². The highest BCUT2D eigenvalue weighted by Crippen LogP contribution is 2.43. The van der Waals surface area contributed by atoms with Crippen LogP contribution in [0.4, 0.5) is 0 Å². The molecule has 0 spiro atoms.